The van der Waals surface area contributed by atoms with Gasteiger partial charge in [0, 0.05) is 5.33 Å². The molecule has 1 aliphatic rings. The molecule has 0 amide bonds. The Hall–Kier alpha value is -0.500. The van der Waals surface area contributed by atoms with Crippen LogP contribution >= 0.6 is 15.9 Å². The molecule has 0 heterocycles. The summed E-state index contributed by atoms with van der Waals surface area (Å²) in [6.45, 7) is 0. The van der Waals surface area contributed by atoms with Crippen LogP contribution in [0.4, 0.5) is 0 Å². The summed E-state index contributed by atoms with van der Waals surface area (Å²) in [5.41, 5.74) is 1.41. The van der Waals surface area contributed by atoms with E-state index in [4.69, 9.17) is 4.74 Å². The van der Waals surface area contributed by atoms with Crippen molar-refractivity contribution in [3.63, 3.8) is 0 Å². The summed E-state index contributed by atoms with van der Waals surface area (Å²) in [4.78, 5) is 0. The third kappa shape index (κ3) is 4.52. The lowest BCUT2D eigenvalue weighted by atomic mass is 9.83. The van der Waals surface area contributed by atoms with Crippen molar-refractivity contribution in [1.82, 2.24) is 0 Å². The largest absolute Gasteiger partial charge is 0.497 e. The maximum Gasteiger partial charge on any atom is 0.119 e. The molecule has 0 saturated heterocycles. The number of hydrogen-bond donors (Lipinski definition) is 0. The van der Waals surface area contributed by atoms with Crippen LogP contribution in [-0.4, -0.2) is 12.4 Å². The van der Waals surface area contributed by atoms with E-state index in [0.717, 1.165) is 22.9 Å². The molecule has 1 aliphatic carbocycles. The average molecular weight is 325 g/mol. The lowest BCUT2D eigenvalue weighted by Gasteiger charge is -2.24. The predicted molar refractivity (Wildman–Crippen MR) is 85.2 cm³/mol. The van der Waals surface area contributed by atoms with Crippen LogP contribution in [-0.2, 0) is 6.42 Å². The van der Waals surface area contributed by atoms with Crippen molar-refractivity contribution >= 4 is 15.9 Å². The molecule has 0 aromatic heterocycles. The lowest BCUT2D eigenvalue weighted by Crippen LogP contribution is -2.18. The molecule has 1 atom stereocenters. The molecule has 1 saturated carbocycles. The molecule has 0 spiro atoms. The Morgan fingerprint density at radius 1 is 1.21 bits per heavy atom. The number of methoxy groups -OCH3 is 1. The van der Waals surface area contributed by atoms with Crippen molar-refractivity contribution < 1.29 is 4.74 Å². The maximum absolute atomic E-state index is 5.32. The molecule has 1 nitrogen and oxygen atoms in total. The first-order chi connectivity index (χ1) is 9.33. The number of halogens is 1. The van der Waals surface area contributed by atoms with E-state index in [-0.39, 0.29) is 0 Å². The lowest BCUT2D eigenvalue weighted by molar-refractivity contribution is 0.324. The van der Waals surface area contributed by atoms with Gasteiger partial charge in [-0.2, -0.15) is 0 Å². The topological polar surface area (TPSA) is 9.23 Å². The predicted octanol–water partition coefficient (Wildman–Crippen LogP) is 5.22. The molecule has 0 radical (unpaired) electrons. The Morgan fingerprint density at radius 3 is 2.58 bits per heavy atom. The highest BCUT2D eigenvalue weighted by atomic mass is 79.9. The molecular formula is C17H25BrO. The minimum absolute atomic E-state index is 0.769. The fourth-order valence-corrected chi connectivity index (χ4v) is 3.99. The van der Waals surface area contributed by atoms with Gasteiger partial charge in [0.05, 0.1) is 7.11 Å². The van der Waals surface area contributed by atoms with Crippen LogP contribution in [0.15, 0.2) is 24.3 Å². The summed E-state index contributed by atoms with van der Waals surface area (Å²) in [7, 11) is 1.74. The highest BCUT2D eigenvalue weighted by Gasteiger charge is 2.22. The molecular weight excluding hydrogens is 300 g/mol. The molecule has 1 aromatic carbocycles. The third-order valence-electron chi connectivity index (χ3n) is 4.40. The van der Waals surface area contributed by atoms with Crippen LogP contribution in [0.2, 0.25) is 0 Å². The van der Waals surface area contributed by atoms with Gasteiger partial charge in [0.2, 0.25) is 0 Å². The fourth-order valence-electron chi connectivity index (χ4n) is 3.23. The van der Waals surface area contributed by atoms with Gasteiger partial charge >= 0.3 is 0 Å². The third-order valence-corrected chi connectivity index (χ3v) is 5.23. The van der Waals surface area contributed by atoms with Gasteiger partial charge in [-0.15, -0.1) is 0 Å². The van der Waals surface area contributed by atoms with E-state index in [1.165, 1.54) is 50.5 Å². The van der Waals surface area contributed by atoms with Crippen molar-refractivity contribution in [2.45, 2.75) is 44.9 Å². The molecule has 19 heavy (non-hydrogen) atoms. The molecule has 1 fully saturated rings. The van der Waals surface area contributed by atoms with Gasteiger partial charge in [-0.25, -0.2) is 0 Å². The van der Waals surface area contributed by atoms with Crippen molar-refractivity contribution in [3.8, 4) is 5.75 Å². The summed E-state index contributed by atoms with van der Waals surface area (Å²) in [6.07, 6.45) is 9.72. The van der Waals surface area contributed by atoms with E-state index < -0.39 is 0 Å². The number of ether oxygens (including phenoxy) is 1. The summed E-state index contributed by atoms with van der Waals surface area (Å²) in [5, 5.41) is 1.12. The minimum atomic E-state index is 0.769. The first-order valence-corrected chi connectivity index (χ1v) is 8.64. The zero-order valence-electron chi connectivity index (χ0n) is 11.9. The minimum Gasteiger partial charge on any atom is -0.497 e. The molecule has 0 aliphatic heterocycles. The smallest absolute Gasteiger partial charge is 0.119 e. The molecule has 1 unspecified atom stereocenters. The Balaban J connectivity index is 2.00. The van der Waals surface area contributed by atoms with Gasteiger partial charge in [0.15, 0.2) is 0 Å². The van der Waals surface area contributed by atoms with Gasteiger partial charge in [-0.3, -0.25) is 0 Å². The number of hydrogen-bond acceptors (Lipinski definition) is 1. The van der Waals surface area contributed by atoms with Gasteiger partial charge < -0.3 is 4.74 Å². The summed E-state index contributed by atoms with van der Waals surface area (Å²) in [6, 6.07) is 8.55. The second kappa shape index (κ2) is 7.94. The van der Waals surface area contributed by atoms with Crippen molar-refractivity contribution in [2.75, 3.05) is 12.4 Å². The monoisotopic (exact) mass is 324 g/mol. The quantitative estimate of drug-likeness (QED) is 0.533. The number of alkyl halides is 1. The van der Waals surface area contributed by atoms with E-state index in [2.05, 4.69) is 34.1 Å². The number of rotatable bonds is 5. The Labute approximate surface area is 125 Å². The Morgan fingerprint density at radius 2 is 1.95 bits per heavy atom. The molecule has 0 bridgehead atoms. The van der Waals surface area contributed by atoms with E-state index in [1.54, 1.807) is 7.11 Å². The van der Waals surface area contributed by atoms with Crippen molar-refractivity contribution in [1.29, 1.82) is 0 Å². The average Bonchev–Trinajstić information content (AvgIpc) is 2.74. The van der Waals surface area contributed by atoms with Gasteiger partial charge in [-0.1, -0.05) is 66.6 Å². The summed E-state index contributed by atoms with van der Waals surface area (Å²) < 4.78 is 5.32. The highest BCUT2D eigenvalue weighted by Crippen LogP contribution is 2.32. The van der Waals surface area contributed by atoms with E-state index in [1.807, 2.05) is 6.07 Å². The van der Waals surface area contributed by atoms with Crippen molar-refractivity contribution in [2.24, 2.45) is 11.8 Å². The van der Waals surface area contributed by atoms with E-state index in [0.29, 0.717) is 0 Å². The first kappa shape index (κ1) is 14.9. The van der Waals surface area contributed by atoms with Gasteiger partial charge in [0.25, 0.3) is 0 Å². The Kier molecular flexibility index (Phi) is 6.22. The van der Waals surface area contributed by atoms with Crippen LogP contribution in [0.5, 0.6) is 5.75 Å². The van der Waals surface area contributed by atoms with Crippen molar-refractivity contribution in [3.05, 3.63) is 29.8 Å². The van der Waals surface area contributed by atoms with Crippen LogP contribution in [0.3, 0.4) is 0 Å². The maximum atomic E-state index is 5.32. The molecule has 2 rings (SSSR count). The Bertz CT molecular complexity index is 369. The molecule has 2 heteroatoms. The molecule has 1 aromatic rings. The zero-order valence-corrected chi connectivity index (χ0v) is 13.5. The first-order valence-electron chi connectivity index (χ1n) is 7.52. The highest BCUT2D eigenvalue weighted by molar-refractivity contribution is 9.09. The SMILES string of the molecule is COc1cccc(CC(CBr)C2CCCCCC2)c1. The molecule has 0 N–H and O–H groups in total. The van der Waals surface area contributed by atoms with E-state index >= 15 is 0 Å². The standard InChI is InChI=1S/C17H25BrO/c1-19-17-10-6-7-14(12-17)11-16(13-18)15-8-4-2-3-5-9-15/h6-7,10,12,15-16H,2-5,8-9,11,13H2,1H3. The zero-order chi connectivity index (χ0) is 13.5. The van der Waals surface area contributed by atoms with E-state index in [9.17, 15) is 0 Å². The number of benzene rings is 1. The van der Waals surface area contributed by atoms with Crippen LogP contribution < -0.4 is 4.74 Å². The van der Waals surface area contributed by atoms with Crippen LogP contribution in [0, 0.1) is 11.8 Å². The van der Waals surface area contributed by atoms with Crippen LogP contribution in [0.25, 0.3) is 0 Å². The van der Waals surface area contributed by atoms with Gasteiger partial charge in [-0.05, 0) is 36.0 Å². The molecule has 106 valence electrons. The normalized spacial score (nSPS) is 18.8. The second-order valence-electron chi connectivity index (χ2n) is 5.72. The summed E-state index contributed by atoms with van der Waals surface area (Å²) >= 11 is 3.74. The van der Waals surface area contributed by atoms with Crippen LogP contribution in [0.1, 0.15) is 44.1 Å². The second-order valence-corrected chi connectivity index (χ2v) is 6.37. The summed E-state index contributed by atoms with van der Waals surface area (Å²) in [5.74, 6) is 2.64. The fraction of sp³-hybridized carbons (Fsp3) is 0.647. The van der Waals surface area contributed by atoms with Gasteiger partial charge in [0.1, 0.15) is 5.75 Å².